The second-order valence-electron chi connectivity index (χ2n) is 5.23. The maximum Gasteiger partial charge on any atom is 0.163 e. The van der Waals surface area contributed by atoms with Crippen LogP contribution >= 0.6 is 0 Å². The first-order valence-corrected chi connectivity index (χ1v) is 7.36. The van der Waals surface area contributed by atoms with E-state index in [-0.39, 0.29) is 5.78 Å². The van der Waals surface area contributed by atoms with Gasteiger partial charge in [0.05, 0.1) is 7.11 Å². The molecule has 0 heterocycles. The molecular weight excluding hydrogens is 276 g/mol. The number of Topliss-reactive ketones (excluding diaryl/α,β-unsaturated/α-hetero) is 1. The summed E-state index contributed by atoms with van der Waals surface area (Å²) < 4.78 is 10.7. The van der Waals surface area contributed by atoms with Gasteiger partial charge in [0.1, 0.15) is 18.1 Å². The molecule has 1 aliphatic rings. The molecule has 0 atom stereocenters. The maximum atomic E-state index is 11.7. The highest BCUT2D eigenvalue weighted by atomic mass is 16.5. The van der Waals surface area contributed by atoms with Crippen molar-refractivity contribution in [3.63, 3.8) is 0 Å². The van der Waals surface area contributed by atoms with Crippen LogP contribution < -0.4 is 9.47 Å². The van der Waals surface area contributed by atoms with E-state index in [1.54, 1.807) is 7.11 Å². The minimum Gasteiger partial charge on any atom is -0.497 e. The number of carbonyl (C=O) groups is 1. The predicted octanol–water partition coefficient (Wildman–Crippen LogP) is 3.92. The quantitative estimate of drug-likeness (QED) is 0.838. The fraction of sp³-hybridized carbons (Fsp3) is 0.211. The molecule has 0 saturated carbocycles. The number of aryl methyl sites for hydroxylation is 1. The summed E-state index contributed by atoms with van der Waals surface area (Å²) in [5, 5.41) is 0. The second-order valence-corrected chi connectivity index (χ2v) is 5.23. The van der Waals surface area contributed by atoms with Crippen molar-refractivity contribution in [2.45, 2.75) is 12.8 Å². The number of ether oxygens (including phenoxy) is 2. The first kappa shape index (κ1) is 14.4. The van der Waals surface area contributed by atoms with Gasteiger partial charge in [-0.3, -0.25) is 4.79 Å². The Balaban J connectivity index is 1.58. The summed E-state index contributed by atoms with van der Waals surface area (Å²) in [5.41, 5.74) is 3.07. The Bertz CT molecular complexity index is 699. The van der Waals surface area contributed by atoms with Gasteiger partial charge in [-0.1, -0.05) is 18.2 Å². The highest BCUT2D eigenvalue weighted by molar-refractivity contribution is 6.00. The molecule has 2 aromatic rings. The molecule has 22 heavy (non-hydrogen) atoms. The topological polar surface area (TPSA) is 35.5 Å². The molecule has 0 fully saturated rings. The van der Waals surface area contributed by atoms with Crippen LogP contribution in [0.2, 0.25) is 0 Å². The van der Waals surface area contributed by atoms with E-state index in [9.17, 15) is 4.79 Å². The van der Waals surface area contributed by atoms with Gasteiger partial charge in [0.25, 0.3) is 0 Å². The van der Waals surface area contributed by atoms with Crippen LogP contribution in [-0.4, -0.2) is 19.5 Å². The third-order valence-corrected chi connectivity index (χ3v) is 3.77. The molecule has 0 aromatic heterocycles. The van der Waals surface area contributed by atoms with Crippen LogP contribution in [0.5, 0.6) is 11.5 Å². The van der Waals surface area contributed by atoms with E-state index in [0.717, 1.165) is 34.6 Å². The van der Waals surface area contributed by atoms with Crippen molar-refractivity contribution in [3.05, 3.63) is 65.2 Å². The molecule has 0 N–H and O–H groups in total. The summed E-state index contributed by atoms with van der Waals surface area (Å²) in [5.74, 6) is 1.86. The number of hydrogen-bond donors (Lipinski definition) is 0. The highest BCUT2D eigenvalue weighted by Crippen LogP contribution is 2.23. The number of hydrogen-bond acceptors (Lipinski definition) is 3. The lowest BCUT2D eigenvalue weighted by molar-refractivity contribution is 0.0994. The van der Waals surface area contributed by atoms with Crippen LogP contribution in [0.15, 0.2) is 48.5 Å². The minimum atomic E-state index is 0.250. The number of rotatable bonds is 5. The largest absolute Gasteiger partial charge is 0.497 e. The summed E-state index contributed by atoms with van der Waals surface area (Å²) in [6.45, 7) is 0.483. The smallest absolute Gasteiger partial charge is 0.163 e. The third kappa shape index (κ3) is 3.19. The van der Waals surface area contributed by atoms with Gasteiger partial charge < -0.3 is 9.47 Å². The van der Waals surface area contributed by atoms with Gasteiger partial charge in [-0.25, -0.2) is 0 Å². The molecule has 0 radical (unpaired) electrons. The number of fused-ring (bicyclic) bond motifs is 1. The molecule has 3 rings (SSSR count). The number of carbonyl (C=O) groups excluding carboxylic acids is 1. The molecule has 112 valence electrons. The Morgan fingerprint density at radius 3 is 2.59 bits per heavy atom. The zero-order valence-corrected chi connectivity index (χ0v) is 12.5. The lowest BCUT2D eigenvalue weighted by atomic mass is 10.1. The Labute approximate surface area is 130 Å². The van der Waals surface area contributed by atoms with E-state index in [0.29, 0.717) is 13.0 Å². The van der Waals surface area contributed by atoms with E-state index < -0.39 is 0 Å². The maximum absolute atomic E-state index is 11.7. The molecule has 0 bridgehead atoms. The lowest BCUT2D eigenvalue weighted by Crippen LogP contribution is -1.94. The van der Waals surface area contributed by atoms with Crippen LogP contribution in [0.4, 0.5) is 0 Å². The van der Waals surface area contributed by atoms with Crippen LogP contribution in [0, 0.1) is 0 Å². The predicted molar refractivity (Wildman–Crippen MR) is 86.6 cm³/mol. The first-order valence-electron chi connectivity index (χ1n) is 7.36. The van der Waals surface area contributed by atoms with Gasteiger partial charge in [-0.15, -0.1) is 0 Å². The van der Waals surface area contributed by atoms with Gasteiger partial charge >= 0.3 is 0 Å². The zero-order chi connectivity index (χ0) is 15.4. The first-order chi connectivity index (χ1) is 10.8. The minimum absolute atomic E-state index is 0.250. The SMILES string of the molecule is COc1ccc(OCC=Cc2ccc3c(c2)C(=O)CC3)cc1. The van der Waals surface area contributed by atoms with Gasteiger partial charge in [-0.2, -0.15) is 0 Å². The normalized spacial score (nSPS) is 13.4. The number of ketones is 1. The van der Waals surface area contributed by atoms with Gasteiger partial charge in [0, 0.05) is 12.0 Å². The highest BCUT2D eigenvalue weighted by Gasteiger charge is 2.18. The second kappa shape index (κ2) is 6.48. The molecular formula is C19H18O3. The van der Waals surface area contributed by atoms with Crippen LogP contribution in [-0.2, 0) is 6.42 Å². The van der Waals surface area contributed by atoms with Crippen molar-refractivity contribution < 1.29 is 14.3 Å². The van der Waals surface area contributed by atoms with E-state index in [1.165, 1.54) is 0 Å². The van der Waals surface area contributed by atoms with E-state index in [1.807, 2.05) is 54.6 Å². The molecule has 2 aromatic carbocycles. The number of benzene rings is 2. The van der Waals surface area contributed by atoms with Crippen molar-refractivity contribution in [1.82, 2.24) is 0 Å². The van der Waals surface area contributed by atoms with Crippen LogP contribution in [0.1, 0.15) is 27.9 Å². The summed E-state index contributed by atoms with van der Waals surface area (Å²) in [6.07, 6.45) is 5.45. The monoisotopic (exact) mass is 294 g/mol. The molecule has 0 amide bonds. The van der Waals surface area contributed by atoms with Gasteiger partial charge in [0.2, 0.25) is 0 Å². The van der Waals surface area contributed by atoms with Crippen molar-refractivity contribution in [3.8, 4) is 11.5 Å². The third-order valence-electron chi connectivity index (χ3n) is 3.77. The molecule has 0 saturated heterocycles. The molecule has 1 aliphatic carbocycles. The zero-order valence-electron chi connectivity index (χ0n) is 12.5. The van der Waals surface area contributed by atoms with Crippen molar-refractivity contribution in [2.75, 3.05) is 13.7 Å². The molecule has 0 spiro atoms. The summed E-state index contributed by atoms with van der Waals surface area (Å²) in [4.78, 5) is 11.7. The van der Waals surface area contributed by atoms with E-state index >= 15 is 0 Å². The average Bonchev–Trinajstić information content (AvgIpc) is 2.93. The Hall–Kier alpha value is -2.55. The summed E-state index contributed by atoms with van der Waals surface area (Å²) in [6, 6.07) is 13.5. The lowest BCUT2D eigenvalue weighted by Gasteiger charge is -2.04. The molecule has 0 aliphatic heterocycles. The fourth-order valence-corrected chi connectivity index (χ4v) is 2.56. The molecule has 3 nitrogen and oxygen atoms in total. The Morgan fingerprint density at radius 2 is 1.82 bits per heavy atom. The Kier molecular flexibility index (Phi) is 4.24. The van der Waals surface area contributed by atoms with Crippen molar-refractivity contribution >= 4 is 11.9 Å². The van der Waals surface area contributed by atoms with E-state index in [2.05, 4.69) is 0 Å². The van der Waals surface area contributed by atoms with Crippen LogP contribution in [0.25, 0.3) is 6.08 Å². The number of methoxy groups -OCH3 is 1. The van der Waals surface area contributed by atoms with Gasteiger partial charge in [-0.05, 0) is 54.0 Å². The van der Waals surface area contributed by atoms with Crippen molar-refractivity contribution in [1.29, 1.82) is 0 Å². The standard InChI is InChI=1S/C19H18O3/c1-21-16-7-9-17(10-8-16)22-12-2-3-14-4-5-15-6-11-19(20)18(15)13-14/h2-5,7-10,13H,6,11-12H2,1H3. The molecule has 0 unspecified atom stereocenters. The summed E-state index contributed by atoms with van der Waals surface area (Å²) in [7, 11) is 1.64. The Morgan fingerprint density at radius 1 is 1.05 bits per heavy atom. The fourth-order valence-electron chi connectivity index (χ4n) is 2.56. The average molecular weight is 294 g/mol. The van der Waals surface area contributed by atoms with Gasteiger partial charge in [0.15, 0.2) is 5.78 Å². The summed E-state index contributed by atoms with van der Waals surface area (Å²) >= 11 is 0. The van der Waals surface area contributed by atoms with Crippen LogP contribution in [0.3, 0.4) is 0 Å². The molecule has 3 heteroatoms. The van der Waals surface area contributed by atoms with Crippen molar-refractivity contribution in [2.24, 2.45) is 0 Å². The van der Waals surface area contributed by atoms with E-state index in [4.69, 9.17) is 9.47 Å².